The summed E-state index contributed by atoms with van der Waals surface area (Å²) in [6, 6.07) is 16.0. The van der Waals surface area contributed by atoms with E-state index in [9.17, 15) is 9.50 Å². The second-order valence-electron chi connectivity index (χ2n) is 5.78. The zero-order valence-electron chi connectivity index (χ0n) is 13.2. The predicted molar refractivity (Wildman–Crippen MR) is 89.0 cm³/mol. The second kappa shape index (κ2) is 6.34. The van der Waals surface area contributed by atoms with Crippen LogP contribution in [0.25, 0.3) is 16.9 Å². The molecule has 0 saturated carbocycles. The molecule has 2 aromatic carbocycles. The van der Waals surface area contributed by atoms with Crippen LogP contribution in [-0.4, -0.2) is 14.9 Å². The average molecular weight is 310 g/mol. The van der Waals surface area contributed by atoms with Crippen LogP contribution >= 0.6 is 0 Å². The molecule has 3 rings (SSSR count). The summed E-state index contributed by atoms with van der Waals surface area (Å²) in [5.41, 5.74) is 4.20. The lowest BCUT2D eigenvalue weighted by molar-refractivity contribution is 0.280. The smallest absolute Gasteiger partial charge is 0.123 e. The monoisotopic (exact) mass is 310 g/mol. The van der Waals surface area contributed by atoms with E-state index in [0.29, 0.717) is 0 Å². The van der Waals surface area contributed by atoms with Gasteiger partial charge in [-0.2, -0.15) is 5.10 Å². The average Bonchev–Trinajstić information content (AvgIpc) is 2.96. The van der Waals surface area contributed by atoms with Crippen LogP contribution in [0, 0.1) is 5.82 Å². The summed E-state index contributed by atoms with van der Waals surface area (Å²) in [6.07, 6.45) is 0. The van der Waals surface area contributed by atoms with Crippen molar-refractivity contribution in [2.24, 2.45) is 0 Å². The Hall–Kier alpha value is -2.46. The van der Waals surface area contributed by atoms with Gasteiger partial charge in [0.15, 0.2) is 0 Å². The topological polar surface area (TPSA) is 38.0 Å². The van der Waals surface area contributed by atoms with E-state index in [4.69, 9.17) is 5.10 Å². The highest BCUT2D eigenvalue weighted by atomic mass is 19.1. The molecule has 1 aromatic heterocycles. The first-order valence-corrected chi connectivity index (χ1v) is 7.66. The molecule has 0 atom stereocenters. The van der Waals surface area contributed by atoms with Crippen molar-refractivity contribution in [3.63, 3.8) is 0 Å². The third kappa shape index (κ3) is 2.90. The first-order chi connectivity index (χ1) is 11.1. The number of aromatic nitrogens is 2. The van der Waals surface area contributed by atoms with E-state index in [-0.39, 0.29) is 18.3 Å². The summed E-state index contributed by atoms with van der Waals surface area (Å²) in [5, 5.41) is 14.6. The Labute approximate surface area is 135 Å². The molecule has 1 N–H and O–H groups in total. The van der Waals surface area contributed by atoms with Gasteiger partial charge >= 0.3 is 0 Å². The zero-order valence-corrected chi connectivity index (χ0v) is 13.2. The van der Waals surface area contributed by atoms with Crippen molar-refractivity contribution in [1.29, 1.82) is 0 Å². The molecular weight excluding hydrogens is 291 g/mol. The molecule has 0 aliphatic heterocycles. The highest BCUT2D eigenvalue weighted by molar-refractivity contribution is 5.67. The van der Waals surface area contributed by atoms with Crippen molar-refractivity contribution in [3.8, 4) is 16.9 Å². The molecule has 0 unspecified atom stereocenters. The number of rotatable bonds is 4. The fourth-order valence-electron chi connectivity index (χ4n) is 2.75. The summed E-state index contributed by atoms with van der Waals surface area (Å²) < 4.78 is 15.1. The number of halogens is 1. The highest BCUT2D eigenvalue weighted by Gasteiger charge is 2.21. The Morgan fingerprint density at radius 2 is 1.70 bits per heavy atom. The van der Waals surface area contributed by atoms with Gasteiger partial charge in [-0.15, -0.1) is 0 Å². The highest BCUT2D eigenvalue weighted by Crippen LogP contribution is 2.32. The molecule has 4 heteroatoms. The predicted octanol–water partition coefficient (Wildman–Crippen LogP) is 4.29. The van der Waals surface area contributed by atoms with Crippen molar-refractivity contribution < 1.29 is 9.50 Å². The second-order valence-corrected chi connectivity index (χ2v) is 5.78. The number of aliphatic hydroxyl groups is 1. The molecule has 3 aromatic rings. The summed E-state index contributed by atoms with van der Waals surface area (Å²) >= 11 is 0. The molecule has 3 nitrogen and oxygen atoms in total. The minimum Gasteiger partial charge on any atom is -0.392 e. The molecule has 0 amide bonds. The normalized spacial score (nSPS) is 11.2. The standard InChI is InChI=1S/C19H19FN2O/c1-13(2)18-17(12-23)19(14-8-10-15(20)11-9-14)22(21-18)16-6-4-3-5-7-16/h3-11,13,23H,12H2,1-2H3. The molecule has 23 heavy (non-hydrogen) atoms. The first-order valence-electron chi connectivity index (χ1n) is 7.66. The maximum absolute atomic E-state index is 13.3. The van der Waals surface area contributed by atoms with Gasteiger partial charge in [0.05, 0.1) is 23.7 Å². The van der Waals surface area contributed by atoms with Crippen LogP contribution in [0.5, 0.6) is 0 Å². The Morgan fingerprint density at radius 3 is 2.26 bits per heavy atom. The minimum absolute atomic E-state index is 0.104. The van der Waals surface area contributed by atoms with Gasteiger partial charge in [0.2, 0.25) is 0 Å². The van der Waals surface area contributed by atoms with E-state index < -0.39 is 0 Å². The molecule has 0 bridgehead atoms. The van der Waals surface area contributed by atoms with E-state index in [0.717, 1.165) is 28.2 Å². The molecule has 0 radical (unpaired) electrons. The van der Waals surface area contributed by atoms with Crippen LogP contribution in [0.1, 0.15) is 31.0 Å². The number of aliphatic hydroxyl groups excluding tert-OH is 1. The zero-order chi connectivity index (χ0) is 16.4. The maximum atomic E-state index is 13.3. The molecule has 1 heterocycles. The summed E-state index contributed by atoms with van der Waals surface area (Å²) in [5.74, 6) is -0.101. The van der Waals surface area contributed by atoms with Crippen LogP contribution in [0.3, 0.4) is 0 Å². The lowest BCUT2D eigenvalue weighted by Crippen LogP contribution is -2.00. The number of nitrogens with zero attached hydrogens (tertiary/aromatic N) is 2. The van der Waals surface area contributed by atoms with Gasteiger partial charge in [0.1, 0.15) is 5.82 Å². The Kier molecular flexibility index (Phi) is 4.26. The van der Waals surface area contributed by atoms with Crippen LogP contribution < -0.4 is 0 Å². The Bertz CT molecular complexity index is 792. The van der Waals surface area contributed by atoms with Gasteiger partial charge < -0.3 is 5.11 Å². The van der Waals surface area contributed by atoms with Gasteiger partial charge in [0, 0.05) is 11.1 Å². The molecule has 0 saturated heterocycles. The maximum Gasteiger partial charge on any atom is 0.123 e. The molecule has 0 aliphatic rings. The number of hydrogen-bond acceptors (Lipinski definition) is 2. The fourth-order valence-corrected chi connectivity index (χ4v) is 2.75. The molecular formula is C19H19FN2O. The van der Waals surface area contributed by atoms with Crippen molar-refractivity contribution in [1.82, 2.24) is 9.78 Å². The van der Waals surface area contributed by atoms with E-state index in [1.54, 1.807) is 12.1 Å². The van der Waals surface area contributed by atoms with Gasteiger partial charge in [-0.3, -0.25) is 0 Å². The number of benzene rings is 2. The molecule has 118 valence electrons. The molecule has 0 aliphatic carbocycles. The quantitative estimate of drug-likeness (QED) is 0.780. The van der Waals surface area contributed by atoms with E-state index in [1.165, 1.54) is 12.1 Å². The van der Waals surface area contributed by atoms with Crippen molar-refractivity contribution in [2.45, 2.75) is 26.4 Å². The third-order valence-corrected chi connectivity index (χ3v) is 3.84. The SMILES string of the molecule is CC(C)c1nn(-c2ccccc2)c(-c2ccc(F)cc2)c1CO. The van der Waals surface area contributed by atoms with E-state index in [1.807, 2.05) is 48.9 Å². The first kappa shape index (κ1) is 15.4. The van der Waals surface area contributed by atoms with Crippen LogP contribution in [-0.2, 0) is 6.61 Å². The van der Waals surface area contributed by atoms with Crippen molar-refractivity contribution in [2.75, 3.05) is 0 Å². The van der Waals surface area contributed by atoms with Crippen molar-refractivity contribution in [3.05, 3.63) is 71.7 Å². The van der Waals surface area contributed by atoms with Gasteiger partial charge in [-0.1, -0.05) is 32.0 Å². The Morgan fingerprint density at radius 1 is 1.04 bits per heavy atom. The van der Waals surface area contributed by atoms with Crippen LogP contribution in [0.15, 0.2) is 54.6 Å². The summed E-state index contributed by atoms with van der Waals surface area (Å²) in [7, 11) is 0. The van der Waals surface area contributed by atoms with E-state index in [2.05, 4.69) is 0 Å². The van der Waals surface area contributed by atoms with Gasteiger partial charge in [-0.25, -0.2) is 9.07 Å². The van der Waals surface area contributed by atoms with E-state index >= 15 is 0 Å². The van der Waals surface area contributed by atoms with Crippen LogP contribution in [0.4, 0.5) is 4.39 Å². The summed E-state index contributed by atoms with van der Waals surface area (Å²) in [4.78, 5) is 0. The molecule has 0 spiro atoms. The van der Waals surface area contributed by atoms with Crippen LogP contribution in [0.2, 0.25) is 0 Å². The largest absolute Gasteiger partial charge is 0.392 e. The third-order valence-electron chi connectivity index (χ3n) is 3.84. The van der Waals surface area contributed by atoms with Crippen molar-refractivity contribution >= 4 is 0 Å². The minimum atomic E-state index is -0.283. The fraction of sp³-hybridized carbons (Fsp3) is 0.211. The lowest BCUT2D eigenvalue weighted by Gasteiger charge is -2.09. The number of para-hydroxylation sites is 1. The summed E-state index contributed by atoms with van der Waals surface area (Å²) in [6.45, 7) is 3.99. The Balaban J connectivity index is 2.28. The molecule has 0 fully saturated rings. The number of hydrogen-bond donors (Lipinski definition) is 1. The van der Waals surface area contributed by atoms with Gasteiger partial charge in [0.25, 0.3) is 0 Å². The lowest BCUT2D eigenvalue weighted by atomic mass is 10.0. The van der Waals surface area contributed by atoms with Gasteiger partial charge in [-0.05, 0) is 42.3 Å².